The summed E-state index contributed by atoms with van der Waals surface area (Å²) < 4.78 is 40.3. The number of aromatic nitrogens is 2. The van der Waals surface area contributed by atoms with Crippen molar-refractivity contribution in [3.63, 3.8) is 0 Å². The summed E-state index contributed by atoms with van der Waals surface area (Å²) in [7, 11) is 0. The van der Waals surface area contributed by atoms with Crippen molar-refractivity contribution in [1.29, 1.82) is 0 Å². The third-order valence-corrected chi connectivity index (χ3v) is 5.43. The number of alkyl halides is 3. The van der Waals surface area contributed by atoms with Crippen LogP contribution in [-0.2, 0) is 6.18 Å². The zero-order valence-corrected chi connectivity index (χ0v) is 16.1. The molecule has 9 heteroatoms. The van der Waals surface area contributed by atoms with Crippen LogP contribution in [0, 0.1) is 13.8 Å². The third-order valence-electron chi connectivity index (χ3n) is 4.51. The number of carbonyl (C=O) groups excluding carboxylic acids is 1. The van der Waals surface area contributed by atoms with Crippen molar-refractivity contribution in [3.05, 3.63) is 69.0 Å². The first-order valence-corrected chi connectivity index (χ1v) is 9.37. The van der Waals surface area contributed by atoms with Crippen LogP contribution in [0.15, 0.2) is 41.3 Å². The molecule has 29 heavy (non-hydrogen) atoms. The Kier molecular flexibility index (Phi) is 4.42. The van der Waals surface area contributed by atoms with Gasteiger partial charge in [0.05, 0.1) is 21.3 Å². The van der Waals surface area contributed by atoms with Crippen molar-refractivity contribution in [2.24, 2.45) is 0 Å². The monoisotopic (exact) mass is 417 g/mol. The molecule has 0 aliphatic rings. The zero-order chi connectivity index (χ0) is 20.9. The maximum atomic E-state index is 13.2. The number of nitrogens with zero attached hydrogens (tertiary/aromatic N) is 1. The Hall–Kier alpha value is -3.20. The second-order valence-electron chi connectivity index (χ2n) is 6.66. The summed E-state index contributed by atoms with van der Waals surface area (Å²) in [5, 5.41) is 2.67. The van der Waals surface area contributed by atoms with Gasteiger partial charge in [0, 0.05) is 11.6 Å². The van der Waals surface area contributed by atoms with Crippen LogP contribution in [0.2, 0.25) is 0 Å². The number of para-hydroxylation sites is 1. The standard InChI is InChI=1S/C20H14F3N3O2S/c1-9-6-10(2)15-14(7-9)29-19(25-15)26-18(28)12-8-24-16-11(17(12)27)4-3-5-13(16)20(21,22)23/h3-8H,1-2H3,(H,24,27)(H,25,26,28). The normalized spacial score (nSPS) is 11.9. The summed E-state index contributed by atoms with van der Waals surface area (Å²) >= 11 is 1.26. The summed E-state index contributed by atoms with van der Waals surface area (Å²) in [6, 6.07) is 7.19. The lowest BCUT2D eigenvalue weighted by molar-refractivity contribution is -0.136. The lowest BCUT2D eigenvalue weighted by atomic mass is 10.1. The van der Waals surface area contributed by atoms with E-state index in [9.17, 15) is 22.8 Å². The molecular weight excluding hydrogens is 403 g/mol. The second-order valence-corrected chi connectivity index (χ2v) is 7.69. The average Bonchev–Trinajstić information content (AvgIpc) is 3.03. The van der Waals surface area contributed by atoms with Crippen LogP contribution in [0.5, 0.6) is 0 Å². The van der Waals surface area contributed by atoms with Crippen LogP contribution in [0.3, 0.4) is 0 Å². The highest BCUT2D eigenvalue weighted by Crippen LogP contribution is 2.33. The fourth-order valence-corrected chi connectivity index (χ4v) is 4.28. The first-order valence-electron chi connectivity index (χ1n) is 8.56. The summed E-state index contributed by atoms with van der Waals surface area (Å²) in [4.78, 5) is 32.1. The second kappa shape index (κ2) is 6.70. The van der Waals surface area contributed by atoms with Gasteiger partial charge in [0.15, 0.2) is 5.13 Å². The molecule has 0 atom stereocenters. The van der Waals surface area contributed by atoms with Gasteiger partial charge >= 0.3 is 6.18 Å². The van der Waals surface area contributed by atoms with Gasteiger partial charge in [-0.2, -0.15) is 13.2 Å². The molecule has 2 heterocycles. The topological polar surface area (TPSA) is 74.8 Å². The molecule has 2 aromatic heterocycles. The van der Waals surface area contributed by atoms with Crippen LogP contribution >= 0.6 is 11.3 Å². The number of H-pyrrole nitrogens is 1. The number of aromatic amines is 1. The van der Waals surface area contributed by atoms with Gasteiger partial charge < -0.3 is 4.98 Å². The lowest BCUT2D eigenvalue weighted by Crippen LogP contribution is -2.22. The van der Waals surface area contributed by atoms with Crippen LogP contribution in [-0.4, -0.2) is 15.9 Å². The highest BCUT2D eigenvalue weighted by Gasteiger charge is 2.33. The minimum Gasteiger partial charge on any atom is -0.360 e. The Morgan fingerprint density at radius 3 is 2.69 bits per heavy atom. The van der Waals surface area contributed by atoms with E-state index in [4.69, 9.17) is 0 Å². The molecule has 1 amide bonds. The number of amides is 1. The maximum absolute atomic E-state index is 13.2. The lowest BCUT2D eigenvalue weighted by Gasteiger charge is -2.10. The molecule has 0 radical (unpaired) electrons. The molecule has 0 aliphatic heterocycles. The van der Waals surface area contributed by atoms with E-state index in [1.807, 2.05) is 26.0 Å². The maximum Gasteiger partial charge on any atom is 0.418 e. The summed E-state index contributed by atoms with van der Waals surface area (Å²) in [6.45, 7) is 3.86. The highest BCUT2D eigenvalue weighted by atomic mass is 32.1. The number of aryl methyl sites for hydroxylation is 2. The Morgan fingerprint density at radius 1 is 1.21 bits per heavy atom. The molecule has 5 nitrogen and oxygen atoms in total. The van der Waals surface area contributed by atoms with Crippen molar-refractivity contribution in [2.75, 3.05) is 5.32 Å². The van der Waals surface area contributed by atoms with Gasteiger partial charge in [-0.15, -0.1) is 0 Å². The fraction of sp³-hybridized carbons (Fsp3) is 0.150. The van der Waals surface area contributed by atoms with Crippen molar-refractivity contribution in [1.82, 2.24) is 9.97 Å². The predicted molar refractivity (Wildman–Crippen MR) is 107 cm³/mol. The van der Waals surface area contributed by atoms with Gasteiger partial charge in [-0.3, -0.25) is 14.9 Å². The van der Waals surface area contributed by atoms with E-state index in [0.717, 1.165) is 39.7 Å². The van der Waals surface area contributed by atoms with E-state index in [1.54, 1.807) is 0 Å². The summed E-state index contributed by atoms with van der Waals surface area (Å²) in [5.41, 5.74) is 0.379. The van der Waals surface area contributed by atoms with Gasteiger partial charge in [0.25, 0.3) is 5.91 Å². The molecule has 2 N–H and O–H groups in total. The number of pyridine rings is 1. The number of carbonyl (C=O) groups is 1. The molecule has 2 aromatic carbocycles. The molecule has 0 saturated heterocycles. The van der Waals surface area contributed by atoms with Crippen LogP contribution in [0.4, 0.5) is 18.3 Å². The highest BCUT2D eigenvalue weighted by molar-refractivity contribution is 7.22. The zero-order valence-electron chi connectivity index (χ0n) is 15.3. The Bertz CT molecular complexity index is 1340. The van der Waals surface area contributed by atoms with Crippen molar-refractivity contribution in [2.45, 2.75) is 20.0 Å². The number of anilines is 1. The molecule has 4 aromatic rings. The van der Waals surface area contributed by atoms with Crippen LogP contribution in [0.25, 0.3) is 21.1 Å². The molecule has 0 bridgehead atoms. The molecule has 148 valence electrons. The van der Waals surface area contributed by atoms with Gasteiger partial charge in [-0.1, -0.05) is 23.5 Å². The van der Waals surface area contributed by atoms with E-state index >= 15 is 0 Å². The SMILES string of the molecule is Cc1cc(C)c2nc(NC(=O)c3c[nH]c4c(C(F)(F)F)cccc4c3=O)sc2c1. The minimum atomic E-state index is -4.62. The molecule has 0 aliphatic carbocycles. The van der Waals surface area contributed by atoms with Crippen molar-refractivity contribution >= 4 is 43.5 Å². The molecule has 4 rings (SSSR count). The van der Waals surface area contributed by atoms with E-state index in [-0.39, 0.29) is 16.5 Å². The van der Waals surface area contributed by atoms with Crippen LogP contribution < -0.4 is 10.7 Å². The van der Waals surface area contributed by atoms with E-state index in [0.29, 0.717) is 5.13 Å². The van der Waals surface area contributed by atoms with Crippen molar-refractivity contribution < 1.29 is 18.0 Å². The third kappa shape index (κ3) is 3.38. The number of thiazole rings is 1. The van der Waals surface area contributed by atoms with Gasteiger partial charge in [0.1, 0.15) is 5.56 Å². The molecule has 0 saturated carbocycles. The summed E-state index contributed by atoms with van der Waals surface area (Å²) in [6.07, 6.45) is -3.62. The quantitative estimate of drug-likeness (QED) is 0.481. The first-order chi connectivity index (χ1) is 13.6. The fourth-order valence-electron chi connectivity index (χ4n) is 3.25. The molecule has 0 spiro atoms. The smallest absolute Gasteiger partial charge is 0.360 e. The average molecular weight is 417 g/mol. The van der Waals surface area contributed by atoms with Crippen LogP contribution in [0.1, 0.15) is 27.0 Å². The number of hydrogen-bond donors (Lipinski definition) is 2. The predicted octanol–water partition coefficient (Wildman–Crippen LogP) is 5.03. The Balaban J connectivity index is 1.74. The van der Waals surface area contributed by atoms with Crippen molar-refractivity contribution in [3.8, 4) is 0 Å². The van der Waals surface area contributed by atoms with Gasteiger partial charge in [-0.25, -0.2) is 4.98 Å². The Labute approximate surface area is 166 Å². The van der Waals surface area contributed by atoms with E-state index in [1.165, 1.54) is 17.4 Å². The van der Waals surface area contributed by atoms with Gasteiger partial charge in [-0.05, 0) is 43.2 Å². The Morgan fingerprint density at radius 2 is 1.97 bits per heavy atom. The van der Waals surface area contributed by atoms with E-state index < -0.39 is 23.1 Å². The number of fused-ring (bicyclic) bond motifs is 2. The number of rotatable bonds is 2. The van der Waals surface area contributed by atoms with E-state index in [2.05, 4.69) is 15.3 Å². The summed E-state index contributed by atoms with van der Waals surface area (Å²) in [5.74, 6) is -0.737. The molecule has 0 unspecified atom stereocenters. The van der Waals surface area contributed by atoms with Gasteiger partial charge in [0.2, 0.25) is 5.43 Å². The molecular formula is C20H14F3N3O2S. The first kappa shape index (κ1) is 19.1. The number of hydrogen-bond acceptors (Lipinski definition) is 4. The largest absolute Gasteiger partial charge is 0.418 e. The molecule has 0 fully saturated rings. The number of nitrogens with one attached hydrogen (secondary N) is 2. The number of halogens is 3. The minimum absolute atomic E-state index is 0.205. The number of benzene rings is 2.